The molecule has 202 valence electrons. The molecule has 0 aromatic heterocycles. The standard InChI is InChI=1S/C28H32IN3O6/c1-3-4-5-6-15-36-24-11-13-25(14-12-24)37-16-17-38-28-26(29)18-21(19-27(28)35-2)20-30-31-22-7-9-23(10-8-22)32(33)34/h7-14,18-20,31H,3-6,15-17H2,1-2H3. The van der Waals surface area contributed by atoms with Gasteiger partial charge in [0.2, 0.25) is 0 Å². The van der Waals surface area contributed by atoms with Crippen LogP contribution in [0.15, 0.2) is 65.8 Å². The van der Waals surface area contributed by atoms with E-state index in [2.05, 4.69) is 40.0 Å². The van der Waals surface area contributed by atoms with Crippen LogP contribution in [0, 0.1) is 13.7 Å². The van der Waals surface area contributed by atoms with Crippen molar-refractivity contribution in [2.45, 2.75) is 32.6 Å². The van der Waals surface area contributed by atoms with Crippen LogP contribution in [0.4, 0.5) is 11.4 Å². The van der Waals surface area contributed by atoms with Gasteiger partial charge in [-0.05, 0) is 83.1 Å². The van der Waals surface area contributed by atoms with E-state index >= 15 is 0 Å². The molecule has 0 saturated heterocycles. The Bertz CT molecular complexity index is 1190. The molecule has 0 spiro atoms. The quantitative estimate of drug-likeness (QED) is 0.0592. The molecule has 0 aliphatic heterocycles. The number of benzene rings is 3. The maximum absolute atomic E-state index is 10.8. The number of rotatable bonds is 16. The zero-order valence-corrected chi connectivity index (χ0v) is 23.7. The Hall–Kier alpha value is -3.54. The average molecular weight is 633 g/mol. The third-order valence-electron chi connectivity index (χ3n) is 5.43. The van der Waals surface area contributed by atoms with Gasteiger partial charge >= 0.3 is 0 Å². The van der Waals surface area contributed by atoms with Crippen molar-refractivity contribution in [2.75, 3.05) is 32.4 Å². The molecule has 0 aliphatic carbocycles. The predicted molar refractivity (Wildman–Crippen MR) is 157 cm³/mol. The monoisotopic (exact) mass is 633 g/mol. The second kappa shape index (κ2) is 15.7. The molecule has 0 unspecified atom stereocenters. The first kappa shape index (κ1) is 29.0. The van der Waals surface area contributed by atoms with Gasteiger partial charge in [0.25, 0.3) is 5.69 Å². The molecule has 0 fully saturated rings. The molecule has 3 aromatic carbocycles. The van der Waals surface area contributed by atoms with E-state index in [1.54, 1.807) is 25.5 Å². The molecule has 0 radical (unpaired) electrons. The van der Waals surface area contributed by atoms with Gasteiger partial charge in [-0.15, -0.1) is 0 Å². The van der Waals surface area contributed by atoms with Gasteiger partial charge in [-0.1, -0.05) is 26.2 Å². The lowest BCUT2D eigenvalue weighted by Crippen LogP contribution is -2.10. The number of nitrogens with zero attached hydrogens (tertiary/aromatic N) is 2. The maximum atomic E-state index is 10.8. The summed E-state index contributed by atoms with van der Waals surface area (Å²) in [7, 11) is 1.58. The molecule has 38 heavy (non-hydrogen) atoms. The van der Waals surface area contributed by atoms with Gasteiger partial charge in [0.1, 0.15) is 24.7 Å². The van der Waals surface area contributed by atoms with E-state index in [1.165, 1.54) is 31.4 Å². The van der Waals surface area contributed by atoms with Gasteiger partial charge in [0, 0.05) is 12.1 Å². The fourth-order valence-electron chi connectivity index (χ4n) is 3.45. The Kier molecular flexibility index (Phi) is 12.0. The summed E-state index contributed by atoms with van der Waals surface area (Å²) >= 11 is 2.19. The predicted octanol–water partition coefficient (Wildman–Crippen LogP) is 7.07. The minimum Gasteiger partial charge on any atom is -0.494 e. The highest BCUT2D eigenvalue weighted by Gasteiger charge is 2.11. The molecule has 1 N–H and O–H groups in total. The largest absolute Gasteiger partial charge is 0.494 e. The lowest BCUT2D eigenvalue weighted by Gasteiger charge is -2.14. The Morgan fingerprint density at radius 2 is 1.58 bits per heavy atom. The number of hydrogen-bond acceptors (Lipinski definition) is 8. The van der Waals surface area contributed by atoms with E-state index in [1.807, 2.05) is 36.4 Å². The van der Waals surface area contributed by atoms with Crippen molar-refractivity contribution < 1.29 is 23.9 Å². The smallest absolute Gasteiger partial charge is 0.269 e. The molecule has 0 heterocycles. The minimum absolute atomic E-state index is 0.0239. The van der Waals surface area contributed by atoms with E-state index in [-0.39, 0.29) is 5.69 Å². The number of hydrazone groups is 1. The summed E-state index contributed by atoms with van der Waals surface area (Å²) in [6, 6.07) is 17.4. The highest BCUT2D eigenvalue weighted by atomic mass is 127. The molecular formula is C28H32IN3O6. The average Bonchev–Trinajstić information content (AvgIpc) is 2.92. The number of anilines is 1. The van der Waals surface area contributed by atoms with Crippen molar-refractivity contribution in [1.29, 1.82) is 0 Å². The molecule has 0 atom stereocenters. The second-order valence-corrected chi connectivity index (χ2v) is 9.45. The Labute approximate surface area is 236 Å². The molecule has 0 aliphatic rings. The van der Waals surface area contributed by atoms with E-state index < -0.39 is 4.92 Å². The van der Waals surface area contributed by atoms with Crippen LogP contribution in [0.5, 0.6) is 23.0 Å². The van der Waals surface area contributed by atoms with Crippen molar-refractivity contribution in [1.82, 2.24) is 0 Å². The van der Waals surface area contributed by atoms with Gasteiger partial charge in [0.05, 0.1) is 34.1 Å². The van der Waals surface area contributed by atoms with Crippen LogP contribution in [0.25, 0.3) is 0 Å². The van der Waals surface area contributed by atoms with Crippen LogP contribution < -0.4 is 24.4 Å². The molecule has 9 nitrogen and oxygen atoms in total. The minimum atomic E-state index is -0.444. The van der Waals surface area contributed by atoms with Crippen molar-refractivity contribution in [3.8, 4) is 23.0 Å². The molecule has 0 bridgehead atoms. The van der Waals surface area contributed by atoms with Gasteiger partial charge in [-0.3, -0.25) is 15.5 Å². The van der Waals surface area contributed by atoms with Crippen LogP contribution in [0.2, 0.25) is 0 Å². The van der Waals surface area contributed by atoms with Crippen LogP contribution in [-0.4, -0.2) is 38.1 Å². The Balaban J connectivity index is 1.46. The molecule has 0 saturated carbocycles. The fraction of sp³-hybridized carbons (Fsp3) is 0.321. The summed E-state index contributed by atoms with van der Waals surface area (Å²) in [6.45, 7) is 3.65. The highest BCUT2D eigenvalue weighted by Crippen LogP contribution is 2.33. The lowest BCUT2D eigenvalue weighted by molar-refractivity contribution is -0.384. The van der Waals surface area contributed by atoms with Gasteiger partial charge in [-0.25, -0.2) is 0 Å². The van der Waals surface area contributed by atoms with E-state index in [9.17, 15) is 10.1 Å². The summed E-state index contributed by atoms with van der Waals surface area (Å²) in [6.07, 6.45) is 6.35. The second-order valence-electron chi connectivity index (χ2n) is 8.29. The van der Waals surface area contributed by atoms with Crippen LogP contribution in [0.1, 0.15) is 38.2 Å². The molecule has 0 amide bonds. The zero-order chi connectivity index (χ0) is 27.2. The topological polar surface area (TPSA) is 104 Å². The Morgan fingerprint density at radius 3 is 2.21 bits per heavy atom. The van der Waals surface area contributed by atoms with Crippen molar-refractivity contribution in [2.24, 2.45) is 5.10 Å². The van der Waals surface area contributed by atoms with Crippen LogP contribution >= 0.6 is 22.6 Å². The zero-order valence-electron chi connectivity index (χ0n) is 21.5. The van der Waals surface area contributed by atoms with Gasteiger partial charge < -0.3 is 18.9 Å². The molecule has 3 rings (SSSR count). The number of ether oxygens (including phenoxy) is 4. The summed E-state index contributed by atoms with van der Waals surface area (Å²) in [5.74, 6) is 2.80. The summed E-state index contributed by atoms with van der Waals surface area (Å²) < 4.78 is 23.9. The van der Waals surface area contributed by atoms with Crippen molar-refractivity contribution in [3.05, 3.63) is 79.9 Å². The number of nitro groups is 1. The third kappa shape index (κ3) is 9.40. The van der Waals surface area contributed by atoms with Crippen molar-refractivity contribution >= 4 is 40.2 Å². The van der Waals surface area contributed by atoms with E-state index in [0.29, 0.717) is 30.4 Å². The third-order valence-corrected chi connectivity index (χ3v) is 6.23. The molecular weight excluding hydrogens is 601 g/mol. The lowest BCUT2D eigenvalue weighted by atomic mass is 10.2. The number of unbranched alkanes of at least 4 members (excludes halogenated alkanes) is 3. The highest BCUT2D eigenvalue weighted by molar-refractivity contribution is 14.1. The van der Waals surface area contributed by atoms with Gasteiger partial charge in [0.15, 0.2) is 11.5 Å². The van der Waals surface area contributed by atoms with E-state index in [4.69, 9.17) is 18.9 Å². The number of hydrogen-bond donors (Lipinski definition) is 1. The first-order valence-electron chi connectivity index (χ1n) is 12.4. The number of non-ortho nitro benzene ring substituents is 1. The summed E-state index contributed by atoms with van der Waals surface area (Å²) in [4.78, 5) is 10.3. The first-order chi connectivity index (χ1) is 18.5. The van der Waals surface area contributed by atoms with E-state index in [0.717, 1.165) is 33.7 Å². The SMILES string of the molecule is CCCCCCOc1ccc(OCCOc2c(I)cc(C=NNc3ccc([N+](=O)[O-])cc3)cc2OC)cc1. The number of nitrogens with one attached hydrogen (secondary N) is 1. The number of methoxy groups -OCH3 is 1. The fourth-order valence-corrected chi connectivity index (χ4v) is 4.23. The van der Waals surface area contributed by atoms with Gasteiger partial charge in [-0.2, -0.15) is 5.10 Å². The van der Waals surface area contributed by atoms with Crippen molar-refractivity contribution in [3.63, 3.8) is 0 Å². The normalized spacial score (nSPS) is 10.8. The first-order valence-corrected chi connectivity index (χ1v) is 13.5. The molecule has 3 aromatic rings. The number of nitro benzene ring substituents is 1. The summed E-state index contributed by atoms with van der Waals surface area (Å²) in [5.41, 5.74) is 4.32. The van der Waals surface area contributed by atoms with Crippen LogP contribution in [-0.2, 0) is 0 Å². The molecule has 10 heteroatoms. The number of halogens is 1. The summed E-state index contributed by atoms with van der Waals surface area (Å²) in [5, 5.41) is 15.0. The maximum Gasteiger partial charge on any atom is 0.269 e. The van der Waals surface area contributed by atoms with Crippen LogP contribution in [0.3, 0.4) is 0 Å². The Morgan fingerprint density at radius 1 is 0.921 bits per heavy atom.